The third kappa shape index (κ3) is 2.36. The van der Waals surface area contributed by atoms with Gasteiger partial charge in [-0.05, 0) is 6.42 Å². The number of ether oxygens (including phenoxy) is 1. The Morgan fingerprint density at radius 2 is 2.31 bits per heavy atom. The average molecular weight is 221 g/mol. The highest BCUT2D eigenvalue weighted by atomic mass is 16.5. The molecule has 1 aliphatic heterocycles. The summed E-state index contributed by atoms with van der Waals surface area (Å²) in [6, 6.07) is 0. The van der Waals surface area contributed by atoms with E-state index in [2.05, 4.69) is 21.8 Å². The van der Waals surface area contributed by atoms with Crippen molar-refractivity contribution in [3.05, 3.63) is 18.0 Å². The van der Waals surface area contributed by atoms with Crippen LogP contribution in [0.2, 0.25) is 0 Å². The van der Waals surface area contributed by atoms with Crippen LogP contribution in [-0.2, 0) is 4.74 Å². The molecule has 1 aromatic heterocycles. The number of carbonyl (C=O) groups excluding carboxylic acids is 1. The van der Waals surface area contributed by atoms with E-state index in [4.69, 9.17) is 4.74 Å². The molecule has 1 atom stereocenters. The molecule has 1 unspecified atom stereocenters. The van der Waals surface area contributed by atoms with Gasteiger partial charge in [-0.25, -0.2) is 9.97 Å². The molecule has 1 aliphatic rings. The Hall–Kier alpha value is -1.49. The molecule has 2 heterocycles. The maximum Gasteiger partial charge on any atom is 0.225 e. The molecular formula is C11H15N3O2. The van der Waals surface area contributed by atoms with Crippen LogP contribution in [0, 0.1) is 0 Å². The van der Waals surface area contributed by atoms with Crippen LogP contribution in [0.3, 0.4) is 0 Å². The molecule has 16 heavy (non-hydrogen) atoms. The molecule has 0 aromatic carbocycles. The Bertz CT molecular complexity index is 353. The van der Waals surface area contributed by atoms with Crippen molar-refractivity contribution in [1.29, 1.82) is 0 Å². The fourth-order valence-corrected chi connectivity index (χ4v) is 1.70. The molecule has 5 nitrogen and oxygen atoms in total. The predicted octanol–water partition coefficient (Wildman–Crippen LogP) is 0.904. The van der Waals surface area contributed by atoms with Gasteiger partial charge in [-0.3, -0.25) is 4.79 Å². The summed E-state index contributed by atoms with van der Waals surface area (Å²) in [7, 11) is 0. The fourth-order valence-electron chi connectivity index (χ4n) is 1.70. The summed E-state index contributed by atoms with van der Waals surface area (Å²) >= 11 is 0. The summed E-state index contributed by atoms with van der Waals surface area (Å²) in [5.74, 6) is 0.673. The van der Waals surface area contributed by atoms with Crippen LogP contribution in [0.25, 0.3) is 0 Å². The Kier molecular flexibility index (Phi) is 3.46. The van der Waals surface area contributed by atoms with Gasteiger partial charge in [0.15, 0.2) is 6.29 Å². The quantitative estimate of drug-likeness (QED) is 0.710. The van der Waals surface area contributed by atoms with E-state index in [-0.39, 0.29) is 6.10 Å². The van der Waals surface area contributed by atoms with Gasteiger partial charge in [0.25, 0.3) is 0 Å². The maximum atomic E-state index is 10.5. The van der Waals surface area contributed by atoms with Crippen LogP contribution in [-0.4, -0.2) is 42.1 Å². The molecule has 0 amide bonds. The van der Waals surface area contributed by atoms with Gasteiger partial charge in [0.1, 0.15) is 0 Å². The molecule has 0 aliphatic carbocycles. The predicted molar refractivity (Wildman–Crippen MR) is 59.7 cm³/mol. The fraction of sp³-hybridized carbons (Fsp3) is 0.545. The van der Waals surface area contributed by atoms with Crippen molar-refractivity contribution in [3.8, 4) is 0 Å². The van der Waals surface area contributed by atoms with E-state index in [1.165, 1.54) is 0 Å². The third-order valence-electron chi connectivity index (χ3n) is 2.67. The number of hydrogen-bond acceptors (Lipinski definition) is 5. The van der Waals surface area contributed by atoms with Crippen molar-refractivity contribution in [3.63, 3.8) is 0 Å². The lowest BCUT2D eigenvalue weighted by Gasteiger charge is -2.32. The minimum atomic E-state index is 0.253. The molecule has 0 radical (unpaired) electrons. The number of nitrogens with zero attached hydrogens (tertiary/aromatic N) is 3. The number of rotatable bonds is 3. The molecule has 1 fully saturated rings. The van der Waals surface area contributed by atoms with Gasteiger partial charge in [-0.1, -0.05) is 6.92 Å². The lowest BCUT2D eigenvalue weighted by Crippen LogP contribution is -2.43. The highest BCUT2D eigenvalue weighted by Crippen LogP contribution is 2.13. The molecule has 1 saturated heterocycles. The Morgan fingerprint density at radius 1 is 1.56 bits per heavy atom. The first-order valence-electron chi connectivity index (χ1n) is 5.47. The first-order chi connectivity index (χ1) is 7.83. The second-order valence-electron chi connectivity index (χ2n) is 3.78. The molecule has 0 spiro atoms. The normalized spacial score (nSPS) is 20.8. The second-order valence-corrected chi connectivity index (χ2v) is 3.78. The van der Waals surface area contributed by atoms with E-state index in [1.807, 2.05) is 0 Å². The molecule has 86 valence electrons. The summed E-state index contributed by atoms with van der Waals surface area (Å²) in [6.45, 7) is 4.43. The summed E-state index contributed by atoms with van der Waals surface area (Å²) < 4.78 is 5.57. The van der Waals surface area contributed by atoms with Gasteiger partial charge in [0.05, 0.1) is 18.3 Å². The zero-order valence-corrected chi connectivity index (χ0v) is 9.30. The first kappa shape index (κ1) is 11.0. The van der Waals surface area contributed by atoms with Crippen molar-refractivity contribution in [2.45, 2.75) is 19.4 Å². The van der Waals surface area contributed by atoms with E-state index in [0.29, 0.717) is 18.1 Å². The summed E-state index contributed by atoms with van der Waals surface area (Å²) in [6.07, 6.45) is 5.08. The van der Waals surface area contributed by atoms with Crippen molar-refractivity contribution in [1.82, 2.24) is 9.97 Å². The van der Waals surface area contributed by atoms with Crippen LogP contribution in [0.5, 0.6) is 0 Å². The summed E-state index contributed by atoms with van der Waals surface area (Å²) in [5.41, 5.74) is 0.504. The second kappa shape index (κ2) is 5.03. The van der Waals surface area contributed by atoms with Crippen LogP contribution >= 0.6 is 0 Å². The molecular weight excluding hydrogens is 206 g/mol. The summed E-state index contributed by atoms with van der Waals surface area (Å²) in [5, 5.41) is 0. The van der Waals surface area contributed by atoms with E-state index in [9.17, 15) is 4.79 Å². The number of morpholine rings is 1. The zero-order chi connectivity index (χ0) is 11.4. The van der Waals surface area contributed by atoms with Crippen LogP contribution in [0.15, 0.2) is 12.4 Å². The van der Waals surface area contributed by atoms with Gasteiger partial charge in [0, 0.05) is 25.5 Å². The maximum absolute atomic E-state index is 10.5. The minimum absolute atomic E-state index is 0.253. The van der Waals surface area contributed by atoms with Gasteiger partial charge >= 0.3 is 0 Å². The monoisotopic (exact) mass is 221 g/mol. The lowest BCUT2D eigenvalue weighted by atomic mass is 10.2. The molecule has 0 N–H and O–H groups in total. The Balaban J connectivity index is 2.07. The number of aldehydes is 1. The van der Waals surface area contributed by atoms with Crippen molar-refractivity contribution in [2.75, 3.05) is 24.6 Å². The standard InChI is InChI=1S/C11H15N3O2/c1-2-10-7-14(3-4-16-10)11-12-5-9(8-15)6-13-11/h5-6,8,10H,2-4,7H2,1H3. The van der Waals surface area contributed by atoms with E-state index in [1.54, 1.807) is 12.4 Å². The molecule has 5 heteroatoms. The van der Waals surface area contributed by atoms with Crippen LogP contribution in [0.4, 0.5) is 5.95 Å². The summed E-state index contributed by atoms with van der Waals surface area (Å²) in [4.78, 5) is 20.9. The van der Waals surface area contributed by atoms with Gasteiger partial charge in [0.2, 0.25) is 5.95 Å². The SMILES string of the molecule is CCC1CN(c2ncc(C=O)cn2)CCO1. The van der Waals surface area contributed by atoms with Crippen LogP contribution in [0.1, 0.15) is 23.7 Å². The number of carbonyl (C=O) groups is 1. The molecule has 2 rings (SSSR count). The van der Waals surface area contributed by atoms with Gasteiger partial charge < -0.3 is 9.64 Å². The largest absolute Gasteiger partial charge is 0.375 e. The van der Waals surface area contributed by atoms with Gasteiger partial charge in [-0.15, -0.1) is 0 Å². The van der Waals surface area contributed by atoms with E-state index in [0.717, 1.165) is 25.8 Å². The Morgan fingerprint density at radius 3 is 2.94 bits per heavy atom. The zero-order valence-electron chi connectivity index (χ0n) is 9.30. The molecule has 0 bridgehead atoms. The topological polar surface area (TPSA) is 55.3 Å². The lowest BCUT2D eigenvalue weighted by molar-refractivity contribution is 0.0379. The van der Waals surface area contributed by atoms with Crippen LogP contribution < -0.4 is 4.90 Å². The number of aromatic nitrogens is 2. The highest BCUT2D eigenvalue weighted by Gasteiger charge is 2.20. The molecule has 1 aromatic rings. The minimum Gasteiger partial charge on any atom is -0.375 e. The molecule has 0 saturated carbocycles. The van der Waals surface area contributed by atoms with E-state index >= 15 is 0 Å². The van der Waals surface area contributed by atoms with E-state index < -0.39 is 0 Å². The highest BCUT2D eigenvalue weighted by molar-refractivity contribution is 5.73. The number of hydrogen-bond donors (Lipinski definition) is 0. The van der Waals surface area contributed by atoms with Gasteiger partial charge in [-0.2, -0.15) is 0 Å². The van der Waals surface area contributed by atoms with Crippen molar-refractivity contribution in [2.24, 2.45) is 0 Å². The van der Waals surface area contributed by atoms with Crippen molar-refractivity contribution < 1.29 is 9.53 Å². The smallest absolute Gasteiger partial charge is 0.225 e. The van der Waals surface area contributed by atoms with Crippen molar-refractivity contribution >= 4 is 12.2 Å². The third-order valence-corrected chi connectivity index (χ3v) is 2.67. The average Bonchev–Trinajstić information content (AvgIpc) is 2.39. The first-order valence-corrected chi connectivity index (χ1v) is 5.47. The Labute approximate surface area is 94.5 Å². The number of anilines is 1.